The lowest BCUT2D eigenvalue weighted by Crippen LogP contribution is -2.32. The summed E-state index contributed by atoms with van der Waals surface area (Å²) in [5.74, 6) is 1.62. The summed E-state index contributed by atoms with van der Waals surface area (Å²) >= 11 is 0. The molecule has 0 saturated heterocycles. The molecule has 0 radical (unpaired) electrons. The molecule has 172 valence electrons. The summed E-state index contributed by atoms with van der Waals surface area (Å²) in [4.78, 5) is 0. The SMILES string of the molecule is O[C@@H](CCOc1ccccc1)CNCCCCCCNC[C@H](O)COc1ccccc1. The van der Waals surface area contributed by atoms with Gasteiger partial charge in [0.15, 0.2) is 0 Å². The van der Waals surface area contributed by atoms with E-state index in [0.717, 1.165) is 50.3 Å². The quantitative estimate of drug-likeness (QED) is 0.272. The Balaban J connectivity index is 1.32. The highest BCUT2D eigenvalue weighted by atomic mass is 16.5. The largest absolute Gasteiger partial charge is 0.493 e. The Labute approximate surface area is 186 Å². The molecule has 0 aromatic heterocycles. The van der Waals surface area contributed by atoms with Gasteiger partial charge in [-0.3, -0.25) is 0 Å². The lowest BCUT2D eigenvalue weighted by molar-refractivity contribution is 0.106. The molecule has 0 unspecified atom stereocenters. The first-order valence-electron chi connectivity index (χ1n) is 11.4. The predicted molar refractivity (Wildman–Crippen MR) is 125 cm³/mol. The standard InChI is InChI=1S/C25H38N2O4/c28-22(15-18-30-24-11-5-3-6-12-24)19-26-16-9-1-2-10-17-27-20-23(29)21-31-25-13-7-4-8-14-25/h3-8,11-14,22-23,26-29H,1-2,9-10,15-21H2/t22-,23-/m0/s1. The van der Waals surface area contributed by atoms with Crippen molar-refractivity contribution in [2.45, 2.75) is 44.3 Å². The maximum atomic E-state index is 9.99. The van der Waals surface area contributed by atoms with Crippen molar-refractivity contribution in [3.8, 4) is 11.5 Å². The second-order valence-corrected chi connectivity index (χ2v) is 7.70. The molecule has 2 aromatic carbocycles. The van der Waals surface area contributed by atoms with E-state index in [1.807, 2.05) is 60.7 Å². The smallest absolute Gasteiger partial charge is 0.119 e. The third-order valence-electron chi connectivity index (χ3n) is 4.87. The first-order chi connectivity index (χ1) is 15.2. The summed E-state index contributed by atoms with van der Waals surface area (Å²) in [6, 6.07) is 19.2. The molecule has 0 bridgehead atoms. The Morgan fingerprint density at radius 1 is 0.645 bits per heavy atom. The van der Waals surface area contributed by atoms with Crippen LogP contribution in [0, 0.1) is 0 Å². The maximum Gasteiger partial charge on any atom is 0.119 e. The number of aliphatic hydroxyl groups excluding tert-OH is 2. The number of nitrogens with one attached hydrogen (secondary N) is 2. The molecule has 0 heterocycles. The molecule has 2 rings (SSSR count). The van der Waals surface area contributed by atoms with Gasteiger partial charge < -0.3 is 30.3 Å². The summed E-state index contributed by atoms with van der Waals surface area (Å²) in [5.41, 5.74) is 0. The van der Waals surface area contributed by atoms with Gasteiger partial charge in [-0.25, -0.2) is 0 Å². The number of hydrogen-bond acceptors (Lipinski definition) is 6. The van der Waals surface area contributed by atoms with Gasteiger partial charge >= 0.3 is 0 Å². The van der Waals surface area contributed by atoms with E-state index in [2.05, 4.69) is 10.6 Å². The summed E-state index contributed by atoms with van der Waals surface area (Å²) in [6.07, 6.45) is 4.22. The van der Waals surface area contributed by atoms with Crippen LogP contribution in [0.5, 0.6) is 11.5 Å². The summed E-state index contributed by atoms with van der Waals surface area (Å²) in [5, 5.41) is 26.5. The molecule has 0 aliphatic rings. The molecule has 6 nitrogen and oxygen atoms in total. The summed E-state index contributed by atoms with van der Waals surface area (Å²) in [6.45, 7) is 3.78. The Bertz CT molecular complexity index is 657. The first kappa shape index (κ1) is 25.1. The zero-order valence-corrected chi connectivity index (χ0v) is 18.4. The number of ether oxygens (including phenoxy) is 2. The zero-order chi connectivity index (χ0) is 22.0. The fraction of sp³-hybridized carbons (Fsp3) is 0.520. The zero-order valence-electron chi connectivity index (χ0n) is 18.4. The van der Waals surface area contributed by atoms with Gasteiger partial charge in [0.25, 0.3) is 0 Å². The van der Waals surface area contributed by atoms with Gasteiger partial charge in [-0.2, -0.15) is 0 Å². The van der Waals surface area contributed by atoms with Gasteiger partial charge in [0.05, 0.1) is 12.7 Å². The molecule has 2 atom stereocenters. The van der Waals surface area contributed by atoms with Crippen molar-refractivity contribution < 1.29 is 19.7 Å². The molecule has 2 aromatic rings. The van der Waals surface area contributed by atoms with Crippen LogP contribution in [0.4, 0.5) is 0 Å². The highest BCUT2D eigenvalue weighted by molar-refractivity contribution is 5.21. The van der Waals surface area contributed by atoms with Crippen LogP contribution >= 0.6 is 0 Å². The fourth-order valence-corrected chi connectivity index (χ4v) is 3.09. The minimum atomic E-state index is -0.506. The van der Waals surface area contributed by atoms with E-state index in [1.54, 1.807) is 0 Å². The summed E-state index contributed by atoms with van der Waals surface area (Å²) in [7, 11) is 0. The fourth-order valence-electron chi connectivity index (χ4n) is 3.09. The topological polar surface area (TPSA) is 83.0 Å². The van der Waals surface area contributed by atoms with Crippen LogP contribution < -0.4 is 20.1 Å². The molecule has 6 heteroatoms. The van der Waals surface area contributed by atoms with Gasteiger partial charge in [-0.1, -0.05) is 49.2 Å². The van der Waals surface area contributed by atoms with Crippen LogP contribution in [0.3, 0.4) is 0 Å². The van der Waals surface area contributed by atoms with Crippen molar-refractivity contribution in [1.29, 1.82) is 0 Å². The van der Waals surface area contributed by atoms with Gasteiger partial charge in [-0.15, -0.1) is 0 Å². The van der Waals surface area contributed by atoms with Crippen LogP contribution in [-0.4, -0.2) is 61.8 Å². The Kier molecular flexibility index (Phi) is 13.4. The van der Waals surface area contributed by atoms with Crippen LogP contribution in [0.1, 0.15) is 32.1 Å². The average Bonchev–Trinajstić information content (AvgIpc) is 2.80. The average molecular weight is 431 g/mol. The third kappa shape index (κ3) is 13.0. The van der Waals surface area contributed by atoms with Crippen molar-refractivity contribution >= 4 is 0 Å². The molecule has 0 aliphatic carbocycles. The maximum absolute atomic E-state index is 9.99. The van der Waals surface area contributed by atoms with Gasteiger partial charge in [-0.05, 0) is 50.2 Å². The Morgan fingerprint density at radius 3 is 1.74 bits per heavy atom. The molecule has 0 saturated carbocycles. The van der Waals surface area contributed by atoms with Crippen molar-refractivity contribution in [3.63, 3.8) is 0 Å². The normalized spacial score (nSPS) is 13.0. The first-order valence-corrected chi connectivity index (χ1v) is 11.4. The number of unbranched alkanes of at least 4 members (excludes halogenated alkanes) is 3. The van der Waals surface area contributed by atoms with Crippen molar-refractivity contribution in [1.82, 2.24) is 10.6 Å². The van der Waals surface area contributed by atoms with E-state index in [0.29, 0.717) is 32.7 Å². The molecule has 0 spiro atoms. The van der Waals surface area contributed by atoms with Gasteiger partial charge in [0.2, 0.25) is 0 Å². The summed E-state index contributed by atoms with van der Waals surface area (Å²) < 4.78 is 11.1. The second kappa shape index (κ2) is 16.6. The van der Waals surface area contributed by atoms with Crippen LogP contribution in [0.15, 0.2) is 60.7 Å². The third-order valence-corrected chi connectivity index (χ3v) is 4.87. The highest BCUT2D eigenvalue weighted by Crippen LogP contribution is 2.09. The van der Waals surface area contributed by atoms with Crippen LogP contribution in [0.25, 0.3) is 0 Å². The molecule has 4 N–H and O–H groups in total. The number of rotatable bonds is 18. The Morgan fingerprint density at radius 2 is 1.16 bits per heavy atom. The molecular formula is C25H38N2O4. The highest BCUT2D eigenvalue weighted by Gasteiger charge is 2.05. The monoisotopic (exact) mass is 430 g/mol. The van der Waals surface area contributed by atoms with E-state index in [-0.39, 0.29) is 6.10 Å². The van der Waals surface area contributed by atoms with Crippen molar-refractivity contribution in [3.05, 3.63) is 60.7 Å². The molecule has 31 heavy (non-hydrogen) atoms. The number of aliphatic hydroxyl groups is 2. The lowest BCUT2D eigenvalue weighted by atomic mass is 10.2. The minimum absolute atomic E-state index is 0.299. The number of para-hydroxylation sites is 2. The van der Waals surface area contributed by atoms with Crippen LogP contribution in [-0.2, 0) is 0 Å². The van der Waals surface area contributed by atoms with Crippen molar-refractivity contribution in [2.24, 2.45) is 0 Å². The Hall–Kier alpha value is -2.12. The second-order valence-electron chi connectivity index (χ2n) is 7.70. The lowest BCUT2D eigenvalue weighted by Gasteiger charge is -2.13. The van der Waals surface area contributed by atoms with Crippen LogP contribution in [0.2, 0.25) is 0 Å². The van der Waals surface area contributed by atoms with E-state index in [1.165, 1.54) is 0 Å². The van der Waals surface area contributed by atoms with E-state index >= 15 is 0 Å². The molecule has 0 amide bonds. The molecular weight excluding hydrogens is 392 g/mol. The number of hydrogen-bond donors (Lipinski definition) is 4. The minimum Gasteiger partial charge on any atom is -0.493 e. The van der Waals surface area contributed by atoms with E-state index < -0.39 is 6.10 Å². The van der Waals surface area contributed by atoms with E-state index in [4.69, 9.17) is 9.47 Å². The van der Waals surface area contributed by atoms with Gasteiger partial charge in [0, 0.05) is 19.5 Å². The van der Waals surface area contributed by atoms with Crippen molar-refractivity contribution in [2.75, 3.05) is 39.4 Å². The number of benzene rings is 2. The van der Waals surface area contributed by atoms with E-state index in [9.17, 15) is 10.2 Å². The van der Waals surface area contributed by atoms with Gasteiger partial charge in [0.1, 0.15) is 24.2 Å². The predicted octanol–water partition coefficient (Wildman–Crippen LogP) is 3.00. The molecule has 0 aliphatic heterocycles. The molecule has 0 fully saturated rings.